The maximum absolute atomic E-state index is 6.33. The Labute approximate surface area is 95.8 Å². The molecule has 88 valence electrons. The second-order valence-electron chi connectivity index (χ2n) is 4.39. The zero-order chi connectivity index (χ0) is 11.8. The molecule has 2 rings (SSSR count). The maximum Gasteiger partial charge on any atom is 0.213 e. The average molecular weight is 222 g/mol. The van der Waals surface area contributed by atoms with Crippen LogP contribution in [0, 0.1) is 0 Å². The summed E-state index contributed by atoms with van der Waals surface area (Å²) in [6.45, 7) is 1.99. The van der Waals surface area contributed by atoms with Gasteiger partial charge < -0.3 is 15.2 Å². The zero-order valence-corrected chi connectivity index (χ0v) is 9.99. The summed E-state index contributed by atoms with van der Waals surface area (Å²) in [7, 11) is 3.33. The van der Waals surface area contributed by atoms with Gasteiger partial charge in [0.1, 0.15) is 0 Å². The zero-order valence-electron chi connectivity index (χ0n) is 9.99. The predicted molar refractivity (Wildman–Crippen MR) is 61.4 cm³/mol. The van der Waals surface area contributed by atoms with Crippen LogP contribution in [0.15, 0.2) is 12.1 Å². The van der Waals surface area contributed by atoms with Crippen LogP contribution in [0.1, 0.15) is 24.6 Å². The van der Waals surface area contributed by atoms with Crippen molar-refractivity contribution in [2.24, 2.45) is 5.73 Å². The van der Waals surface area contributed by atoms with Crippen molar-refractivity contribution in [3.63, 3.8) is 0 Å². The van der Waals surface area contributed by atoms with Crippen molar-refractivity contribution in [1.29, 1.82) is 0 Å². The van der Waals surface area contributed by atoms with E-state index in [0.717, 1.165) is 24.1 Å². The highest BCUT2D eigenvalue weighted by atomic mass is 16.5. The molecular weight excluding hydrogens is 204 g/mol. The fraction of sp³-hybridized carbons (Fsp3) is 0.583. The summed E-state index contributed by atoms with van der Waals surface area (Å²) in [6, 6.07) is 3.84. The third-order valence-electron chi connectivity index (χ3n) is 3.33. The van der Waals surface area contributed by atoms with Gasteiger partial charge in [0, 0.05) is 18.9 Å². The van der Waals surface area contributed by atoms with E-state index in [1.54, 1.807) is 14.2 Å². The first kappa shape index (κ1) is 11.4. The van der Waals surface area contributed by atoms with Crippen molar-refractivity contribution in [2.75, 3.05) is 14.2 Å². The Hall–Kier alpha value is -1.13. The number of fused-ring (bicyclic) bond motifs is 1. The first-order chi connectivity index (χ1) is 7.59. The van der Waals surface area contributed by atoms with Gasteiger partial charge in [-0.3, -0.25) is 0 Å². The summed E-state index contributed by atoms with van der Waals surface area (Å²) in [5, 5.41) is 0. The number of nitrogens with zero attached hydrogens (tertiary/aromatic N) is 1. The molecule has 2 atom stereocenters. The normalized spacial score (nSPS) is 28.6. The standard InChI is InChI=1S/C12H18N2O2/c1-12(13)8-4-7-11(16-3)14-9(8)5-6-10(12)15-2/h4,7,10H,5-6,13H2,1-3H3. The highest BCUT2D eigenvalue weighted by molar-refractivity contribution is 5.35. The van der Waals surface area contributed by atoms with E-state index in [1.807, 2.05) is 19.1 Å². The van der Waals surface area contributed by atoms with Crippen LogP contribution in [-0.4, -0.2) is 25.3 Å². The first-order valence-electron chi connectivity index (χ1n) is 5.45. The minimum Gasteiger partial charge on any atom is -0.481 e. The fourth-order valence-corrected chi connectivity index (χ4v) is 2.38. The Morgan fingerprint density at radius 2 is 2.19 bits per heavy atom. The molecule has 0 spiro atoms. The first-order valence-corrected chi connectivity index (χ1v) is 5.45. The average Bonchev–Trinajstić information content (AvgIpc) is 2.28. The second kappa shape index (κ2) is 4.03. The van der Waals surface area contributed by atoms with Gasteiger partial charge >= 0.3 is 0 Å². The molecule has 2 unspecified atom stereocenters. The summed E-state index contributed by atoms with van der Waals surface area (Å²) in [5.41, 5.74) is 7.95. The van der Waals surface area contributed by atoms with Gasteiger partial charge in [0.15, 0.2) is 0 Å². The van der Waals surface area contributed by atoms with E-state index < -0.39 is 5.54 Å². The summed E-state index contributed by atoms with van der Waals surface area (Å²) < 4.78 is 10.6. The molecule has 1 aromatic rings. The molecule has 4 nitrogen and oxygen atoms in total. The van der Waals surface area contributed by atoms with E-state index in [9.17, 15) is 0 Å². The number of hydrogen-bond donors (Lipinski definition) is 1. The molecule has 1 aromatic heterocycles. The highest BCUT2D eigenvalue weighted by Gasteiger charge is 2.38. The van der Waals surface area contributed by atoms with Crippen molar-refractivity contribution >= 4 is 0 Å². The van der Waals surface area contributed by atoms with Crippen LogP contribution in [0.4, 0.5) is 0 Å². The van der Waals surface area contributed by atoms with E-state index in [-0.39, 0.29) is 6.10 Å². The molecule has 0 aliphatic heterocycles. The number of hydrogen-bond acceptors (Lipinski definition) is 4. The predicted octanol–water partition coefficient (Wildman–Crippen LogP) is 1.23. The lowest BCUT2D eigenvalue weighted by molar-refractivity contribution is 0.0270. The van der Waals surface area contributed by atoms with Gasteiger partial charge in [-0.25, -0.2) is 4.98 Å². The third-order valence-corrected chi connectivity index (χ3v) is 3.33. The topological polar surface area (TPSA) is 57.4 Å². The van der Waals surface area contributed by atoms with Gasteiger partial charge in [-0.15, -0.1) is 0 Å². The van der Waals surface area contributed by atoms with E-state index in [4.69, 9.17) is 15.2 Å². The monoisotopic (exact) mass is 222 g/mol. The Kier molecular flexibility index (Phi) is 2.86. The van der Waals surface area contributed by atoms with Crippen molar-refractivity contribution in [3.8, 4) is 5.88 Å². The number of pyridine rings is 1. The van der Waals surface area contributed by atoms with Crippen LogP contribution in [0.5, 0.6) is 5.88 Å². The second-order valence-corrected chi connectivity index (χ2v) is 4.39. The number of methoxy groups -OCH3 is 2. The van der Waals surface area contributed by atoms with Gasteiger partial charge in [-0.1, -0.05) is 0 Å². The third kappa shape index (κ3) is 1.68. The quantitative estimate of drug-likeness (QED) is 0.817. The van der Waals surface area contributed by atoms with Crippen LogP contribution >= 0.6 is 0 Å². The van der Waals surface area contributed by atoms with Crippen LogP contribution in [0.25, 0.3) is 0 Å². The van der Waals surface area contributed by atoms with Gasteiger partial charge in [0.2, 0.25) is 5.88 Å². The maximum atomic E-state index is 6.33. The molecule has 2 N–H and O–H groups in total. The van der Waals surface area contributed by atoms with Crippen LogP contribution in [0.2, 0.25) is 0 Å². The van der Waals surface area contributed by atoms with Crippen molar-refractivity contribution in [2.45, 2.75) is 31.4 Å². The molecule has 0 saturated carbocycles. The van der Waals surface area contributed by atoms with Gasteiger partial charge in [-0.2, -0.15) is 0 Å². The lowest BCUT2D eigenvalue weighted by Gasteiger charge is -2.38. The van der Waals surface area contributed by atoms with Crippen LogP contribution < -0.4 is 10.5 Å². The number of aryl methyl sites for hydroxylation is 1. The minimum atomic E-state index is -0.471. The van der Waals surface area contributed by atoms with Crippen LogP contribution in [0.3, 0.4) is 0 Å². The highest BCUT2D eigenvalue weighted by Crippen LogP contribution is 2.34. The molecule has 0 amide bonds. The summed E-state index contributed by atoms with van der Waals surface area (Å²) >= 11 is 0. The molecule has 1 aliphatic carbocycles. The lowest BCUT2D eigenvalue weighted by Crippen LogP contribution is -2.49. The molecular formula is C12H18N2O2. The Balaban J connectivity index is 2.43. The van der Waals surface area contributed by atoms with E-state index in [0.29, 0.717) is 5.88 Å². The molecule has 0 saturated heterocycles. The van der Waals surface area contributed by atoms with Crippen molar-refractivity contribution < 1.29 is 9.47 Å². The lowest BCUT2D eigenvalue weighted by atomic mass is 9.78. The molecule has 0 aromatic carbocycles. The van der Waals surface area contributed by atoms with Gasteiger partial charge in [-0.05, 0) is 31.4 Å². The fourth-order valence-electron chi connectivity index (χ4n) is 2.38. The smallest absolute Gasteiger partial charge is 0.213 e. The number of ether oxygens (including phenoxy) is 2. The summed E-state index contributed by atoms with van der Waals surface area (Å²) in [5.74, 6) is 0.644. The Bertz CT molecular complexity index is 391. The molecule has 4 heteroatoms. The molecule has 0 radical (unpaired) electrons. The molecule has 0 bridgehead atoms. The van der Waals surface area contributed by atoms with E-state index in [1.165, 1.54) is 0 Å². The Morgan fingerprint density at radius 3 is 2.81 bits per heavy atom. The number of nitrogens with two attached hydrogens (primary N) is 1. The van der Waals surface area contributed by atoms with Crippen LogP contribution in [-0.2, 0) is 16.7 Å². The number of rotatable bonds is 2. The Morgan fingerprint density at radius 1 is 1.44 bits per heavy atom. The van der Waals surface area contributed by atoms with Crippen molar-refractivity contribution in [1.82, 2.24) is 4.98 Å². The molecule has 1 heterocycles. The number of aromatic nitrogens is 1. The SMILES string of the molecule is COc1ccc2c(n1)CCC(OC)C2(C)N. The molecule has 16 heavy (non-hydrogen) atoms. The van der Waals surface area contributed by atoms with Gasteiger partial charge in [0.25, 0.3) is 0 Å². The van der Waals surface area contributed by atoms with Gasteiger partial charge in [0.05, 0.1) is 18.8 Å². The van der Waals surface area contributed by atoms with Crippen molar-refractivity contribution in [3.05, 3.63) is 23.4 Å². The van der Waals surface area contributed by atoms with E-state index >= 15 is 0 Å². The minimum absolute atomic E-state index is 0.0511. The van der Waals surface area contributed by atoms with E-state index in [2.05, 4.69) is 4.98 Å². The summed E-state index contributed by atoms with van der Waals surface area (Å²) in [4.78, 5) is 4.44. The largest absolute Gasteiger partial charge is 0.481 e. The molecule has 1 aliphatic rings. The summed E-state index contributed by atoms with van der Waals surface area (Å²) in [6.07, 6.45) is 1.84. The molecule has 0 fully saturated rings.